The van der Waals surface area contributed by atoms with Crippen LogP contribution in [0.5, 0.6) is 0 Å². The number of ether oxygens (including phenoxy) is 3. The Balaban J connectivity index is 0. The van der Waals surface area contributed by atoms with Crippen LogP contribution in [-0.2, 0) is 19.0 Å². The van der Waals surface area contributed by atoms with Crippen LogP contribution in [0.4, 0.5) is 0 Å². The lowest BCUT2D eigenvalue weighted by Crippen LogP contribution is -2.19. The van der Waals surface area contributed by atoms with E-state index in [9.17, 15) is 4.79 Å². The van der Waals surface area contributed by atoms with Gasteiger partial charge < -0.3 is 24.4 Å². The van der Waals surface area contributed by atoms with Gasteiger partial charge in [-0.05, 0) is 20.3 Å². The van der Waals surface area contributed by atoms with Crippen LogP contribution in [0.15, 0.2) is 0 Å². The average Bonchev–Trinajstić information content (AvgIpc) is 2.41. The van der Waals surface area contributed by atoms with E-state index < -0.39 is 6.10 Å². The molecule has 6 nitrogen and oxygen atoms in total. The number of aliphatic hydroxyl groups excluding tert-OH is 2. The van der Waals surface area contributed by atoms with Crippen LogP contribution in [0, 0.1) is 0 Å². The summed E-state index contributed by atoms with van der Waals surface area (Å²) in [4.78, 5) is 10.3. The molecule has 0 saturated carbocycles. The van der Waals surface area contributed by atoms with E-state index in [0.717, 1.165) is 12.8 Å². The van der Waals surface area contributed by atoms with Crippen molar-refractivity contribution in [2.24, 2.45) is 0 Å². The predicted octanol–water partition coefficient (Wildman–Crippen LogP) is 1.13. The van der Waals surface area contributed by atoms with Crippen molar-refractivity contribution in [3.05, 3.63) is 0 Å². The number of hydrogen-bond donors (Lipinski definition) is 2. The zero-order chi connectivity index (χ0) is 16.0. The highest BCUT2D eigenvalue weighted by molar-refractivity contribution is 5.65. The third-order valence-electron chi connectivity index (χ3n) is 2.41. The molecule has 0 aliphatic carbocycles. The Kier molecular flexibility index (Phi) is 15.9. The minimum Gasteiger partial charge on any atom is -0.466 e. The van der Waals surface area contributed by atoms with E-state index in [1.165, 1.54) is 6.92 Å². The lowest BCUT2D eigenvalue weighted by molar-refractivity contribution is -0.141. The van der Waals surface area contributed by atoms with Gasteiger partial charge in [0.25, 0.3) is 0 Å². The second-order valence-electron chi connectivity index (χ2n) is 4.57. The minimum absolute atomic E-state index is 0.00667. The van der Waals surface area contributed by atoms with Crippen molar-refractivity contribution in [3.8, 4) is 0 Å². The van der Waals surface area contributed by atoms with Crippen molar-refractivity contribution < 1.29 is 29.2 Å². The second-order valence-corrected chi connectivity index (χ2v) is 4.57. The Morgan fingerprint density at radius 2 is 1.90 bits per heavy atom. The highest BCUT2D eigenvalue weighted by atomic mass is 16.5. The standard InChI is InChI=1S/C8H16O3.C6H14O3/c1-4-8(10-3)5-6-11-7(2)9;1-5(8)4-9-6(2)3-7/h8H,4-6H2,1-3H3;5-8H,3-4H2,1-2H3. The van der Waals surface area contributed by atoms with Gasteiger partial charge in [-0.25, -0.2) is 0 Å². The van der Waals surface area contributed by atoms with Gasteiger partial charge in [0.2, 0.25) is 0 Å². The molecule has 0 bridgehead atoms. The number of aliphatic hydroxyl groups is 2. The van der Waals surface area contributed by atoms with Crippen LogP contribution >= 0.6 is 0 Å². The first-order chi connectivity index (χ1) is 9.37. The summed E-state index contributed by atoms with van der Waals surface area (Å²) in [6, 6.07) is 0. The molecule has 0 radical (unpaired) electrons. The van der Waals surface area contributed by atoms with Crippen LogP contribution in [-0.4, -0.2) is 61.4 Å². The van der Waals surface area contributed by atoms with Gasteiger partial charge in [0.1, 0.15) is 0 Å². The number of carbonyl (C=O) groups excluding carboxylic acids is 1. The summed E-state index contributed by atoms with van der Waals surface area (Å²) in [6.45, 7) is 7.61. The third kappa shape index (κ3) is 17.3. The molecule has 122 valence electrons. The summed E-state index contributed by atoms with van der Waals surface area (Å²) in [5, 5.41) is 17.1. The van der Waals surface area contributed by atoms with Gasteiger partial charge in [0, 0.05) is 20.5 Å². The van der Waals surface area contributed by atoms with Gasteiger partial charge in [-0.3, -0.25) is 4.79 Å². The molecule has 0 aliphatic heterocycles. The molecule has 0 fully saturated rings. The fraction of sp³-hybridized carbons (Fsp3) is 0.929. The van der Waals surface area contributed by atoms with E-state index in [1.807, 2.05) is 6.92 Å². The molecular formula is C14H30O6. The normalized spacial score (nSPS) is 14.8. The molecule has 20 heavy (non-hydrogen) atoms. The van der Waals surface area contributed by atoms with E-state index >= 15 is 0 Å². The molecule has 2 N–H and O–H groups in total. The lowest BCUT2D eigenvalue weighted by atomic mass is 10.2. The van der Waals surface area contributed by atoms with Gasteiger partial charge in [-0.2, -0.15) is 0 Å². The van der Waals surface area contributed by atoms with E-state index in [0.29, 0.717) is 13.2 Å². The zero-order valence-corrected chi connectivity index (χ0v) is 13.3. The fourth-order valence-corrected chi connectivity index (χ4v) is 1.18. The predicted molar refractivity (Wildman–Crippen MR) is 76.5 cm³/mol. The van der Waals surface area contributed by atoms with Crippen LogP contribution in [0.25, 0.3) is 0 Å². The van der Waals surface area contributed by atoms with Gasteiger partial charge >= 0.3 is 5.97 Å². The highest BCUT2D eigenvalue weighted by Gasteiger charge is 2.04. The zero-order valence-electron chi connectivity index (χ0n) is 13.3. The van der Waals surface area contributed by atoms with Crippen LogP contribution < -0.4 is 0 Å². The molecule has 0 heterocycles. The van der Waals surface area contributed by atoms with Gasteiger partial charge in [0.15, 0.2) is 0 Å². The summed E-state index contributed by atoms with van der Waals surface area (Å²) in [5.41, 5.74) is 0. The van der Waals surface area contributed by atoms with Crippen LogP contribution in [0.1, 0.15) is 40.5 Å². The average molecular weight is 294 g/mol. The van der Waals surface area contributed by atoms with Crippen molar-refractivity contribution in [1.29, 1.82) is 0 Å². The van der Waals surface area contributed by atoms with Gasteiger partial charge in [-0.15, -0.1) is 0 Å². The van der Waals surface area contributed by atoms with Crippen molar-refractivity contribution in [2.45, 2.75) is 58.8 Å². The molecule has 0 rings (SSSR count). The van der Waals surface area contributed by atoms with E-state index in [4.69, 9.17) is 24.4 Å². The van der Waals surface area contributed by atoms with Crippen molar-refractivity contribution in [2.75, 3.05) is 26.9 Å². The molecule has 0 aromatic heterocycles. The smallest absolute Gasteiger partial charge is 0.302 e. The fourth-order valence-electron chi connectivity index (χ4n) is 1.18. The number of rotatable bonds is 9. The van der Waals surface area contributed by atoms with E-state index in [1.54, 1.807) is 21.0 Å². The Bertz CT molecular complexity index is 216. The molecular weight excluding hydrogens is 264 g/mol. The first-order valence-corrected chi connectivity index (χ1v) is 6.93. The summed E-state index contributed by atoms with van der Waals surface area (Å²) in [5.74, 6) is -0.226. The number of carbonyl (C=O) groups is 1. The SMILES string of the molecule is CC(O)COC(C)CO.CCC(CCOC(C)=O)OC. The first-order valence-electron chi connectivity index (χ1n) is 6.93. The molecule has 0 aromatic carbocycles. The summed E-state index contributed by atoms with van der Waals surface area (Å²) >= 11 is 0. The molecule has 0 spiro atoms. The van der Waals surface area contributed by atoms with Gasteiger partial charge in [0.05, 0.1) is 38.1 Å². The van der Waals surface area contributed by atoms with Crippen molar-refractivity contribution >= 4 is 5.97 Å². The molecule has 3 atom stereocenters. The molecule has 0 saturated heterocycles. The van der Waals surface area contributed by atoms with Gasteiger partial charge in [-0.1, -0.05) is 6.92 Å². The largest absolute Gasteiger partial charge is 0.466 e. The molecule has 0 aromatic rings. The molecule has 3 unspecified atom stereocenters. The molecule has 0 aliphatic rings. The van der Waals surface area contributed by atoms with E-state index in [-0.39, 0.29) is 24.8 Å². The number of esters is 1. The lowest BCUT2D eigenvalue weighted by Gasteiger charge is -2.11. The maximum Gasteiger partial charge on any atom is 0.302 e. The third-order valence-corrected chi connectivity index (χ3v) is 2.41. The monoisotopic (exact) mass is 294 g/mol. The maximum atomic E-state index is 10.3. The Labute approximate surface area is 122 Å². The highest BCUT2D eigenvalue weighted by Crippen LogP contribution is 2.01. The topological polar surface area (TPSA) is 85.2 Å². The van der Waals surface area contributed by atoms with Crippen LogP contribution in [0.3, 0.4) is 0 Å². The van der Waals surface area contributed by atoms with Crippen molar-refractivity contribution in [1.82, 2.24) is 0 Å². The molecule has 0 amide bonds. The Morgan fingerprint density at radius 1 is 1.30 bits per heavy atom. The summed E-state index contributed by atoms with van der Waals surface area (Å²) in [7, 11) is 1.67. The quantitative estimate of drug-likeness (QED) is 0.620. The summed E-state index contributed by atoms with van der Waals surface area (Å²) in [6.07, 6.45) is 1.35. The molecule has 6 heteroatoms. The van der Waals surface area contributed by atoms with E-state index in [2.05, 4.69) is 0 Å². The van der Waals surface area contributed by atoms with Crippen molar-refractivity contribution in [3.63, 3.8) is 0 Å². The minimum atomic E-state index is -0.445. The Hall–Kier alpha value is -0.690. The number of hydrogen-bond acceptors (Lipinski definition) is 6. The maximum absolute atomic E-state index is 10.3. The summed E-state index contributed by atoms with van der Waals surface area (Å²) < 4.78 is 14.8. The number of methoxy groups -OCH3 is 1. The van der Waals surface area contributed by atoms with Crippen LogP contribution in [0.2, 0.25) is 0 Å². The Morgan fingerprint density at radius 3 is 2.25 bits per heavy atom. The first kappa shape index (κ1) is 21.6. The second kappa shape index (κ2) is 14.7.